The Bertz CT molecular complexity index is 604. The molecular formula is C19H20N2. The lowest BCUT2D eigenvalue weighted by molar-refractivity contribution is 0.197. The van der Waals surface area contributed by atoms with Crippen LogP contribution in [0.2, 0.25) is 0 Å². The lowest BCUT2D eigenvalue weighted by Crippen LogP contribution is -2.33. The van der Waals surface area contributed by atoms with Gasteiger partial charge in [0.15, 0.2) is 0 Å². The molecule has 1 atom stereocenters. The number of nitrogens with zero attached hydrogens (tertiary/aromatic N) is 2. The van der Waals surface area contributed by atoms with Crippen molar-refractivity contribution in [2.24, 2.45) is 0 Å². The minimum atomic E-state index is 0.175. The number of piperidine rings is 1. The molecule has 2 heteroatoms. The first kappa shape index (κ1) is 13.9. The molecule has 1 aliphatic rings. The molecule has 0 unspecified atom stereocenters. The molecular weight excluding hydrogens is 256 g/mol. The minimum absolute atomic E-state index is 0.175. The molecule has 0 radical (unpaired) electrons. The van der Waals surface area contributed by atoms with Crippen molar-refractivity contribution in [1.82, 2.24) is 9.88 Å². The summed E-state index contributed by atoms with van der Waals surface area (Å²) in [6.07, 6.45) is 7.60. The fourth-order valence-corrected chi connectivity index (χ4v) is 2.78. The maximum Gasteiger partial charge on any atom is 0.0975 e. The summed E-state index contributed by atoms with van der Waals surface area (Å²) in [6.45, 7) is 2.27. The van der Waals surface area contributed by atoms with E-state index in [4.69, 9.17) is 0 Å². The van der Waals surface area contributed by atoms with Crippen LogP contribution in [0.1, 0.15) is 36.4 Å². The minimum Gasteiger partial charge on any atom is -0.286 e. The van der Waals surface area contributed by atoms with E-state index in [9.17, 15) is 0 Å². The van der Waals surface area contributed by atoms with E-state index in [1.165, 1.54) is 24.8 Å². The van der Waals surface area contributed by atoms with Crippen molar-refractivity contribution in [1.29, 1.82) is 0 Å². The van der Waals surface area contributed by atoms with Crippen LogP contribution in [0.5, 0.6) is 0 Å². The molecule has 3 rings (SSSR count). The molecule has 2 heterocycles. The van der Waals surface area contributed by atoms with Gasteiger partial charge in [0.2, 0.25) is 0 Å². The van der Waals surface area contributed by atoms with E-state index in [0.29, 0.717) is 0 Å². The van der Waals surface area contributed by atoms with Crippen molar-refractivity contribution >= 4 is 0 Å². The first-order valence-corrected chi connectivity index (χ1v) is 7.64. The van der Waals surface area contributed by atoms with E-state index in [2.05, 4.69) is 46.0 Å². The third kappa shape index (κ3) is 3.71. The summed E-state index contributed by atoms with van der Waals surface area (Å²) in [5.74, 6) is 6.80. The molecule has 0 bridgehead atoms. The van der Waals surface area contributed by atoms with Crippen LogP contribution in [0.4, 0.5) is 0 Å². The largest absolute Gasteiger partial charge is 0.286 e. The van der Waals surface area contributed by atoms with Gasteiger partial charge in [0, 0.05) is 18.0 Å². The SMILES string of the molecule is C(#C[C@@H](c1ccncc1)N1CCCCC1)c1ccccc1. The highest BCUT2D eigenvalue weighted by atomic mass is 15.2. The average Bonchev–Trinajstić information content (AvgIpc) is 2.58. The van der Waals surface area contributed by atoms with Crippen LogP contribution in [0.15, 0.2) is 54.9 Å². The van der Waals surface area contributed by atoms with E-state index in [1.54, 1.807) is 0 Å². The lowest BCUT2D eigenvalue weighted by Gasteiger charge is -2.31. The molecule has 0 amide bonds. The maximum absolute atomic E-state index is 4.12. The van der Waals surface area contributed by atoms with Gasteiger partial charge in [0.05, 0.1) is 6.04 Å². The van der Waals surface area contributed by atoms with Crippen LogP contribution in [0, 0.1) is 11.8 Å². The summed E-state index contributed by atoms with van der Waals surface area (Å²) >= 11 is 0. The molecule has 0 saturated carbocycles. The number of benzene rings is 1. The summed E-state index contributed by atoms with van der Waals surface area (Å²) in [5.41, 5.74) is 2.32. The Kier molecular flexibility index (Phi) is 4.66. The van der Waals surface area contributed by atoms with Crippen LogP contribution in [-0.2, 0) is 0 Å². The van der Waals surface area contributed by atoms with Gasteiger partial charge < -0.3 is 0 Å². The van der Waals surface area contributed by atoms with Gasteiger partial charge in [0.25, 0.3) is 0 Å². The van der Waals surface area contributed by atoms with Gasteiger partial charge >= 0.3 is 0 Å². The second kappa shape index (κ2) is 7.06. The van der Waals surface area contributed by atoms with Gasteiger partial charge in [0.1, 0.15) is 0 Å². The van der Waals surface area contributed by atoms with Crippen LogP contribution >= 0.6 is 0 Å². The van der Waals surface area contributed by atoms with Crippen LogP contribution in [-0.4, -0.2) is 23.0 Å². The van der Waals surface area contributed by atoms with Crippen LogP contribution in [0.25, 0.3) is 0 Å². The molecule has 1 saturated heterocycles. The molecule has 0 N–H and O–H groups in total. The molecule has 0 aliphatic carbocycles. The first-order valence-electron chi connectivity index (χ1n) is 7.64. The standard InChI is InChI=1S/C19H20N2/c1-3-7-17(8-4-1)9-10-19(18-11-13-20-14-12-18)21-15-5-2-6-16-21/h1,3-4,7-8,11-14,19H,2,5-6,15-16H2/t19-/m0/s1. The molecule has 2 aromatic rings. The van der Waals surface area contributed by atoms with E-state index in [-0.39, 0.29) is 6.04 Å². The Morgan fingerprint density at radius 2 is 1.62 bits per heavy atom. The van der Waals surface area contributed by atoms with Crippen molar-refractivity contribution < 1.29 is 0 Å². The van der Waals surface area contributed by atoms with Crippen molar-refractivity contribution in [3.8, 4) is 11.8 Å². The summed E-state index contributed by atoms with van der Waals surface area (Å²) < 4.78 is 0. The number of rotatable bonds is 2. The summed E-state index contributed by atoms with van der Waals surface area (Å²) in [5, 5.41) is 0. The van der Waals surface area contributed by atoms with Crippen molar-refractivity contribution in [3.05, 3.63) is 66.0 Å². The molecule has 1 fully saturated rings. The van der Waals surface area contributed by atoms with E-state index < -0.39 is 0 Å². The number of hydrogen-bond acceptors (Lipinski definition) is 2. The number of likely N-dealkylation sites (tertiary alicyclic amines) is 1. The van der Waals surface area contributed by atoms with Gasteiger partial charge in [-0.05, 0) is 55.8 Å². The second-order valence-electron chi connectivity index (χ2n) is 5.42. The Morgan fingerprint density at radius 1 is 0.905 bits per heavy atom. The molecule has 21 heavy (non-hydrogen) atoms. The number of hydrogen-bond donors (Lipinski definition) is 0. The Hall–Kier alpha value is -2.11. The fourth-order valence-electron chi connectivity index (χ4n) is 2.78. The summed E-state index contributed by atoms with van der Waals surface area (Å²) in [6, 6.07) is 14.6. The van der Waals surface area contributed by atoms with Gasteiger partial charge in [-0.1, -0.05) is 36.5 Å². The monoisotopic (exact) mass is 276 g/mol. The maximum atomic E-state index is 4.12. The molecule has 1 aromatic heterocycles. The third-order valence-electron chi connectivity index (χ3n) is 3.90. The van der Waals surface area contributed by atoms with E-state index in [0.717, 1.165) is 18.7 Å². The van der Waals surface area contributed by atoms with Crippen LogP contribution in [0.3, 0.4) is 0 Å². The van der Waals surface area contributed by atoms with E-state index in [1.807, 2.05) is 30.6 Å². The number of pyridine rings is 1. The molecule has 0 spiro atoms. The highest BCUT2D eigenvalue weighted by Crippen LogP contribution is 2.23. The zero-order valence-electron chi connectivity index (χ0n) is 12.2. The predicted octanol–water partition coefficient (Wildman–Crippen LogP) is 3.66. The van der Waals surface area contributed by atoms with Crippen molar-refractivity contribution in [3.63, 3.8) is 0 Å². The van der Waals surface area contributed by atoms with E-state index >= 15 is 0 Å². The Balaban J connectivity index is 1.87. The van der Waals surface area contributed by atoms with Gasteiger partial charge in [-0.2, -0.15) is 0 Å². The van der Waals surface area contributed by atoms with Gasteiger partial charge in [-0.25, -0.2) is 0 Å². The summed E-state index contributed by atoms with van der Waals surface area (Å²) in [4.78, 5) is 6.62. The normalized spacial score (nSPS) is 16.8. The topological polar surface area (TPSA) is 16.1 Å². The van der Waals surface area contributed by atoms with Crippen LogP contribution < -0.4 is 0 Å². The second-order valence-corrected chi connectivity index (χ2v) is 5.42. The van der Waals surface area contributed by atoms with Crippen molar-refractivity contribution in [2.45, 2.75) is 25.3 Å². The zero-order chi connectivity index (χ0) is 14.3. The Labute approximate surface area is 126 Å². The number of aromatic nitrogens is 1. The zero-order valence-corrected chi connectivity index (χ0v) is 12.2. The van der Waals surface area contributed by atoms with Crippen molar-refractivity contribution in [2.75, 3.05) is 13.1 Å². The Morgan fingerprint density at radius 3 is 2.33 bits per heavy atom. The highest BCUT2D eigenvalue weighted by Gasteiger charge is 2.20. The molecule has 2 nitrogen and oxygen atoms in total. The smallest absolute Gasteiger partial charge is 0.0975 e. The molecule has 1 aromatic carbocycles. The summed E-state index contributed by atoms with van der Waals surface area (Å²) in [7, 11) is 0. The first-order chi connectivity index (χ1) is 10.4. The van der Waals surface area contributed by atoms with Gasteiger partial charge in [-0.15, -0.1) is 0 Å². The highest BCUT2D eigenvalue weighted by molar-refractivity contribution is 5.37. The lowest BCUT2D eigenvalue weighted by atomic mass is 10.0. The third-order valence-corrected chi connectivity index (χ3v) is 3.90. The predicted molar refractivity (Wildman–Crippen MR) is 85.7 cm³/mol. The molecule has 106 valence electrons. The fraction of sp³-hybridized carbons (Fsp3) is 0.316. The molecule has 1 aliphatic heterocycles. The quantitative estimate of drug-likeness (QED) is 0.778. The average molecular weight is 276 g/mol. The van der Waals surface area contributed by atoms with Gasteiger partial charge in [-0.3, -0.25) is 9.88 Å².